The van der Waals surface area contributed by atoms with Gasteiger partial charge in [-0.05, 0) is 35.7 Å². The third kappa shape index (κ3) is 5.41. The van der Waals surface area contributed by atoms with Gasteiger partial charge in [0.2, 0.25) is 5.82 Å². The van der Waals surface area contributed by atoms with Gasteiger partial charge >= 0.3 is 5.97 Å². The molecule has 2 aromatic carbocycles. The summed E-state index contributed by atoms with van der Waals surface area (Å²) in [4.78, 5) is 27.1. The van der Waals surface area contributed by atoms with Crippen molar-refractivity contribution in [2.24, 2.45) is 5.73 Å². The van der Waals surface area contributed by atoms with E-state index in [0.717, 1.165) is 5.56 Å². The van der Waals surface area contributed by atoms with Crippen LogP contribution in [0.25, 0.3) is 11.4 Å². The number of nitrogens with zero attached hydrogens (tertiary/aromatic N) is 2. The summed E-state index contributed by atoms with van der Waals surface area (Å²) in [6, 6.07) is 14.0. The van der Waals surface area contributed by atoms with Crippen molar-refractivity contribution < 1.29 is 23.6 Å². The van der Waals surface area contributed by atoms with Crippen LogP contribution in [0.2, 0.25) is 0 Å². The van der Waals surface area contributed by atoms with Crippen LogP contribution in [0.15, 0.2) is 53.1 Å². The molecule has 0 radical (unpaired) electrons. The van der Waals surface area contributed by atoms with Gasteiger partial charge in [-0.25, -0.2) is 4.79 Å². The molecular weight excluding hydrogens is 374 g/mol. The van der Waals surface area contributed by atoms with Crippen LogP contribution in [-0.4, -0.2) is 28.6 Å². The monoisotopic (exact) mass is 395 g/mol. The fourth-order valence-corrected chi connectivity index (χ4v) is 2.50. The molecule has 8 heteroatoms. The predicted molar refractivity (Wildman–Crippen MR) is 104 cm³/mol. The van der Waals surface area contributed by atoms with Gasteiger partial charge in [0.25, 0.3) is 11.8 Å². The molecule has 0 saturated carbocycles. The molecule has 0 fully saturated rings. The summed E-state index contributed by atoms with van der Waals surface area (Å²) in [7, 11) is 0. The van der Waals surface area contributed by atoms with E-state index in [0.29, 0.717) is 23.1 Å². The van der Waals surface area contributed by atoms with Gasteiger partial charge in [-0.2, -0.15) is 4.98 Å². The van der Waals surface area contributed by atoms with Crippen LogP contribution in [0.1, 0.15) is 41.6 Å². The SMILES string of the molecule is CC(C)c1ccc(-c2noc(COC(=O)c3ccc(OCC(N)=O)cc3)n2)cc1. The molecule has 2 N–H and O–H groups in total. The highest BCUT2D eigenvalue weighted by molar-refractivity contribution is 5.89. The fraction of sp³-hybridized carbons (Fsp3) is 0.238. The second-order valence-electron chi connectivity index (χ2n) is 6.64. The molecule has 0 bridgehead atoms. The Hall–Kier alpha value is -3.68. The summed E-state index contributed by atoms with van der Waals surface area (Å²) in [5, 5.41) is 3.93. The summed E-state index contributed by atoms with van der Waals surface area (Å²) < 4.78 is 15.5. The van der Waals surface area contributed by atoms with E-state index >= 15 is 0 Å². The molecule has 1 aromatic heterocycles. The van der Waals surface area contributed by atoms with E-state index in [9.17, 15) is 9.59 Å². The van der Waals surface area contributed by atoms with E-state index in [1.165, 1.54) is 17.7 Å². The zero-order valence-electron chi connectivity index (χ0n) is 16.1. The maximum atomic E-state index is 12.1. The summed E-state index contributed by atoms with van der Waals surface area (Å²) in [5.74, 6) is 0.360. The summed E-state index contributed by atoms with van der Waals surface area (Å²) in [6.45, 7) is 3.87. The van der Waals surface area contributed by atoms with Gasteiger partial charge in [0.15, 0.2) is 13.2 Å². The summed E-state index contributed by atoms with van der Waals surface area (Å²) in [6.07, 6.45) is 0. The molecule has 0 aliphatic heterocycles. The van der Waals surface area contributed by atoms with Gasteiger partial charge in [-0.3, -0.25) is 4.79 Å². The molecule has 0 saturated heterocycles. The Morgan fingerprint density at radius 2 is 1.76 bits per heavy atom. The largest absolute Gasteiger partial charge is 0.484 e. The van der Waals surface area contributed by atoms with Crippen LogP contribution in [0.3, 0.4) is 0 Å². The van der Waals surface area contributed by atoms with Crippen molar-refractivity contribution in [3.63, 3.8) is 0 Å². The van der Waals surface area contributed by atoms with Gasteiger partial charge in [0.05, 0.1) is 5.56 Å². The highest BCUT2D eigenvalue weighted by Crippen LogP contribution is 2.21. The third-order valence-electron chi connectivity index (χ3n) is 4.10. The number of esters is 1. The Morgan fingerprint density at radius 3 is 2.38 bits per heavy atom. The minimum absolute atomic E-state index is 0.143. The van der Waals surface area contributed by atoms with Gasteiger partial charge in [-0.15, -0.1) is 0 Å². The molecular formula is C21H21N3O5. The highest BCUT2D eigenvalue weighted by atomic mass is 16.6. The third-order valence-corrected chi connectivity index (χ3v) is 4.10. The number of aromatic nitrogens is 2. The lowest BCUT2D eigenvalue weighted by molar-refractivity contribution is -0.119. The molecule has 0 unspecified atom stereocenters. The topological polar surface area (TPSA) is 118 Å². The number of primary amides is 1. The number of nitrogens with two attached hydrogens (primary N) is 1. The van der Waals surface area contributed by atoms with Crippen LogP contribution in [0, 0.1) is 0 Å². The molecule has 1 amide bonds. The standard InChI is InChI=1S/C21H21N3O5/c1-13(2)14-3-5-15(6-4-14)20-23-19(29-24-20)12-28-21(26)16-7-9-17(10-8-16)27-11-18(22)25/h3-10,13H,11-12H2,1-2H3,(H2,22,25). The maximum Gasteiger partial charge on any atom is 0.338 e. The number of carbonyl (C=O) groups excluding carboxylic acids is 2. The molecule has 0 aliphatic rings. The zero-order chi connectivity index (χ0) is 20.8. The first-order chi connectivity index (χ1) is 13.9. The van der Waals surface area contributed by atoms with Gasteiger partial charge in [-0.1, -0.05) is 43.3 Å². The van der Waals surface area contributed by atoms with Crippen LogP contribution in [0.4, 0.5) is 0 Å². The Morgan fingerprint density at radius 1 is 1.07 bits per heavy atom. The number of hydrogen-bond donors (Lipinski definition) is 1. The van der Waals surface area contributed by atoms with Crippen molar-refractivity contribution in [3.8, 4) is 17.1 Å². The summed E-state index contributed by atoms with van der Waals surface area (Å²) >= 11 is 0. The van der Waals surface area contributed by atoms with Gasteiger partial charge < -0.3 is 19.7 Å². The summed E-state index contributed by atoms with van der Waals surface area (Å²) in [5.41, 5.74) is 7.37. The number of ether oxygens (including phenoxy) is 2. The molecule has 1 heterocycles. The Labute approximate surface area is 167 Å². The van der Waals surface area contributed by atoms with Crippen molar-refractivity contribution in [2.45, 2.75) is 26.4 Å². The van der Waals surface area contributed by atoms with Crippen LogP contribution < -0.4 is 10.5 Å². The molecule has 0 spiro atoms. The molecule has 29 heavy (non-hydrogen) atoms. The predicted octanol–water partition coefficient (Wildman–Crippen LogP) is 3.08. The van der Waals surface area contributed by atoms with E-state index < -0.39 is 11.9 Å². The Kier molecular flexibility index (Phi) is 6.23. The Balaban J connectivity index is 1.56. The number of benzene rings is 2. The fourth-order valence-electron chi connectivity index (χ4n) is 2.50. The van der Waals surface area contributed by atoms with Crippen molar-refractivity contribution in [3.05, 3.63) is 65.5 Å². The second kappa shape index (κ2) is 9.01. The number of rotatable bonds is 8. The van der Waals surface area contributed by atoms with E-state index in [1.54, 1.807) is 12.1 Å². The quantitative estimate of drug-likeness (QED) is 0.582. The van der Waals surface area contributed by atoms with E-state index in [2.05, 4.69) is 24.0 Å². The van der Waals surface area contributed by atoms with Gasteiger partial charge in [0.1, 0.15) is 5.75 Å². The Bertz CT molecular complexity index is 978. The van der Waals surface area contributed by atoms with E-state index in [4.69, 9.17) is 19.7 Å². The molecule has 150 valence electrons. The van der Waals surface area contributed by atoms with Crippen LogP contribution in [0.5, 0.6) is 5.75 Å². The molecule has 3 rings (SSSR count). The lowest BCUT2D eigenvalue weighted by Crippen LogP contribution is -2.20. The number of amides is 1. The minimum atomic E-state index is -0.580. The van der Waals surface area contributed by atoms with Crippen molar-refractivity contribution in [2.75, 3.05) is 6.61 Å². The van der Waals surface area contributed by atoms with Gasteiger partial charge in [0, 0.05) is 5.56 Å². The van der Waals surface area contributed by atoms with Crippen LogP contribution >= 0.6 is 0 Å². The first kappa shape index (κ1) is 20.1. The molecule has 3 aromatic rings. The van der Waals surface area contributed by atoms with Crippen molar-refractivity contribution in [1.82, 2.24) is 10.1 Å². The average molecular weight is 395 g/mol. The molecule has 8 nitrogen and oxygen atoms in total. The second-order valence-corrected chi connectivity index (χ2v) is 6.64. The van der Waals surface area contributed by atoms with Crippen molar-refractivity contribution in [1.29, 1.82) is 0 Å². The molecule has 0 aliphatic carbocycles. The normalized spacial score (nSPS) is 10.7. The van der Waals surface area contributed by atoms with Crippen molar-refractivity contribution >= 4 is 11.9 Å². The van der Waals surface area contributed by atoms with Crippen LogP contribution in [-0.2, 0) is 16.1 Å². The van der Waals surface area contributed by atoms with E-state index in [-0.39, 0.29) is 19.1 Å². The highest BCUT2D eigenvalue weighted by Gasteiger charge is 2.13. The smallest absolute Gasteiger partial charge is 0.338 e. The number of hydrogen-bond acceptors (Lipinski definition) is 7. The zero-order valence-corrected chi connectivity index (χ0v) is 16.1. The van der Waals surface area contributed by atoms with E-state index in [1.807, 2.05) is 24.3 Å². The first-order valence-electron chi connectivity index (χ1n) is 9.03. The maximum absolute atomic E-state index is 12.1. The number of carbonyl (C=O) groups is 2. The minimum Gasteiger partial charge on any atom is -0.484 e. The lowest BCUT2D eigenvalue weighted by Gasteiger charge is -2.05. The molecule has 0 atom stereocenters. The lowest BCUT2D eigenvalue weighted by atomic mass is 10.0. The average Bonchev–Trinajstić information content (AvgIpc) is 3.20. The first-order valence-corrected chi connectivity index (χ1v) is 9.03.